The Morgan fingerprint density at radius 1 is 1.44 bits per heavy atom. The van der Waals surface area contributed by atoms with E-state index in [1.807, 2.05) is 13.8 Å². The van der Waals surface area contributed by atoms with E-state index in [0.717, 1.165) is 12.8 Å². The van der Waals surface area contributed by atoms with Crippen LogP contribution in [0.25, 0.3) is 0 Å². The van der Waals surface area contributed by atoms with E-state index in [2.05, 4.69) is 10.2 Å². The normalized spacial score (nSPS) is 14.4. The SMILES string of the molecule is CCC(C)(OC)c1nnc(CCCCC(=O)O)o1. The van der Waals surface area contributed by atoms with Crippen molar-refractivity contribution in [1.29, 1.82) is 0 Å². The van der Waals surface area contributed by atoms with E-state index >= 15 is 0 Å². The van der Waals surface area contributed by atoms with Gasteiger partial charge in [0.15, 0.2) is 0 Å². The number of aryl methyl sites for hydroxylation is 1. The van der Waals surface area contributed by atoms with E-state index in [9.17, 15) is 4.79 Å². The zero-order valence-corrected chi connectivity index (χ0v) is 11.1. The maximum atomic E-state index is 10.4. The van der Waals surface area contributed by atoms with Gasteiger partial charge in [-0.15, -0.1) is 10.2 Å². The van der Waals surface area contributed by atoms with Crippen molar-refractivity contribution in [2.45, 2.75) is 51.6 Å². The van der Waals surface area contributed by atoms with Gasteiger partial charge in [0.25, 0.3) is 0 Å². The number of nitrogens with zero attached hydrogens (tertiary/aromatic N) is 2. The van der Waals surface area contributed by atoms with Gasteiger partial charge < -0.3 is 14.3 Å². The van der Waals surface area contributed by atoms with Gasteiger partial charge in [-0.3, -0.25) is 4.79 Å². The summed E-state index contributed by atoms with van der Waals surface area (Å²) in [5.74, 6) is 0.229. The van der Waals surface area contributed by atoms with Crippen molar-refractivity contribution in [1.82, 2.24) is 10.2 Å². The summed E-state index contributed by atoms with van der Waals surface area (Å²) in [5.41, 5.74) is -0.549. The molecule has 1 N–H and O–H groups in total. The molecule has 0 aliphatic heterocycles. The van der Waals surface area contributed by atoms with Gasteiger partial charge in [-0.1, -0.05) is 6.92 Å². The van der Waals surface area contributed by atoms with Crippen LogP contribution in [-0.2, 0) is 21.6 Å². The Morgan fingerprint density at radius 3 is 2.72 bits per heavy atom. The van der Waals surface area contributed by atoms with E-state index in [1.165, 1.54) is 0 Å². The standard InChI is InChI=1S/C12H20N2O4/c1-4-12(2,17-3)11-14-13-9(18-11)7-5-6-8-10(15)16/h4-8H2,1-3H3,(H,15,16). The second-order valence-electron chi connectivity index (χ2n) is 4.39. The van der Waals surface area contributed by atoms with Gasteiger partial charge in [-0.25, -0.2) is 0 Å². The molecule has 0 aliphatic rings. The fourth-order valence-electron chi connectivity index (χ4n) is 1.50. The maximum absolute atomic E-state index is 10.4. The van der Waals surface area contributed by atoms with Crippen molar-refractivity contribution in [3.8, 4) is 0 Å². The minimum atomic E-state index is -0.779. The largest absolute Gasteiger partial charge is 0.481 e. The number of carboxylic acid groups (broad SMARTS) is 1. The number of hydrogen-bond acceptors (Lipinski definition) is 5. The number of rotatable bonds is 8. The minimum Gasteiger partial charge on any atom is -0.481 e. The Morgan fingerprint density at radius 2 is 2.17 bits per heavy atom. The topological polar surface area (TPSA) is 85.5 Å². The number of aliphatic carboxylic acids is 1. The summed E-state index contributed by atoms with van der Waals surface area (Å²) in [6, 6.07) is 0. The molecule has 0 radical (unpaired) electrons. The summed E-state index contributed by atoms with van der Waals surface area (Å²) in [6.07, 6.45) is 2.85. The molecular formula is C12H20N2O4. The van der Waals surface area contributed by atoms with Crippen molar-refractivity contribution in [3.05, 3.63) is 11.8 Å². The summed E-state index contributed by atoms with van der Waals surface area (Å²) in [4.78, 5) is 10.4. The van der Waals surface area contributed by atoms with Gasteiger partial charge in [-0.05, 0) is 26.2 Å². The Balaban J connectivity index is 2.50. The van der Waals surface area contributed by atoms with Crippen LogP contribution in [0.2, 0.25) is 0 Å². The summed E-state index contributed by atoms with van der Waals surface area (Å²) in [5, 5.41) is 16.5. The van der Waals surface area contributed by atoms with Crippen molar-refractivity contribution in [3.63, 3.8) is 0 Å². The molecule has 0 bridgehead atoms. The van der Waals surface area contributed by atoms with Crippen LogP contribution in [0.1, 0.15) is 51.3 Å². The van der Waals surface area contributed by atoms with Crippen molar-refractivity contribution >= 4 is 5.97 Å². The van der Waals surface area contributed by atoms with Crippen LogP contribution in [0.15, 0.2) is 4.42 Å². The Bertz CT molecular complexity index is 385. The van der Waals surface area contributed by atoms with Crippen molar-refractivity contribution in [2.24, 2.45) is 0 Å². The average Bonchev–Trinajstić information content (AvgIpc) is 2.83. The van der Waals surface area contributed by atoms with E-state index in [4.69, 9.17) is 14.3 Å². The summed E-state index contributed by atoms with van der Waals surface area (Å²) in [6.45, 7) is 3.88. The molecule has 1 heterocycles. The quantitative estimate of drug-likeness (QED) is 0.717. The molecule has 102 valence electrons. The third-order valence-electron chi connectivity index (χ3n) is 3.08. The zero-order chi connectivity index (χ0) is 13.6. The van der Waals surface area contributed by atoms with Gasteiger partial charge >= 0.3 is 5.97 Å². The van der Waals surface area contributed by atoms with Crippen LogP contribution in [0, 0.1) is 0 Å². The first-order valence-corrected chi connectivity index (χ1v) is 6.11. The zero-order valence-electron chi connectivity index (χ0n) is 11.1. The van der Waals surface area contributed by atoms with E-state index in [-0.39, 0.29) is 6.42 Å². The average molecular weight is 256 g/mol. The van der Waals surface area contributed by atoms with Crippen LogP contribution < -0.4 is 0 Å². The highest BCUT2D eigenvalue weighted by Crippen LogP contribution is 2.26. The molecule has 0 aliphatic carbocycles. The molecule has 1 unspecified atom stereocenters. The summed E-state index contributed by atoms with van der Waals surface area (Å²) in [7, 11) is 1.61. The third kappa shape index (κ3) is 3.80. The lowest BCUT2D eigenvalue weighted by Gasteiger charge is -2.21. The van der Waals surface area contributed by atoms with E-state index in [0.29, 0.717) is 24.6 Å². The molecule has 0 fully saturated rings. The van der Waals surface area contributed by atoms with Gasteiger partial charge in [0.05, 0.1) is 0 Å². The fraction of sp³-hybridized carbons (Fsp3) is 0.750. The predicted octanol–water partition coefficient (Wildman–Crippen LogP) is 2.14. The fourth-order valence-corrected chi connectivity index (χ4v) is 1.50. The van der Waals surface area contributed by atoms with Gasteiger partial charge in [0.2, 0.25) is 11.8 Å². The summed E-state index contributed by atoms with van der Waals surface area (Å²) >= 11 is 0. The van der Waals surface area contributed by atoms with Crippen LogP contribution in [0.5, 0.6) is 0 Å². The molecule has 6 nitrogen and oxygen atoms in total. The molecule has 0 aromatic carbocycles. The predicted molar refractivity (Wildman–Crippen MR) is 64.1 cm³/mol. The van der Waals surface area contributed by atoms with Crippen LogP contribution in [-0.4, -0.2) is 28.4 Å². The highest BCUT2D eigenvalue weighted by Gasteiger charge is 2.30. The Kier molecular flexibility index (Phi) is 5.27. The number of carbonyl (C=O) groups is 1. The van der Waals surface area contributed by atoms with Crippen LogP contribution in [0.4, 0.5) is 0 Å². The monoisotopic (exact) mass is 256 g/mol. The molecule has 1 rings (SSSR count). The maximum Gasteiger partial charge on any atom is 0.303 e. The first-order chi connectivity index (χ1) is 8.51. The lowest BCUT2D eigenvalue weighted by atomic mass is 10.0. The lowest BCUT2D eigenvalue weighted by Crippen LogP contribution is -2.23. The molecule has 0 amide bonds. The smallest absolute Gasteiger partial charge is 0.303 e. The van der Waals surface area contributed by atoms with E-state index in [1.54, 1.807) is 7.11 Å². The van der Waals surface area contributed by atoms with Crippen LogP contribution >= 0.6 is 0 Å². The highest BCUT2D eigenvalue weighted by molar-refractivity contribution is 5.66. The van der Waals surface area contributed by atoms with Gasteiger partial charge in [0, 0.05) is 20.0 Å². The number of aromatic nitrogens is 2. The highest BCUT2D eigenvalue weighted by atomic mass is 16.5. The Labute approximate surface area is 106 Å². The van der Waals surface area contributed by atoms with Crippen molar-refractivity contribution in [2.75, 3.05) is 7.11 Å². The molecular weight excluding hydrogens is 236 g/mol. The summed E-state index contributed by atoms with van der Waals surface area (Å²) < 4.78 is 10.9. The molecule has 1 atom stereocenters. The number of hydrogen-bond donors (Lipinski definition) is 1. The first-order valence-electron chi connectivity index (χ1n) is 6.11. The molecule has 6 heteroatoms. The minimum absolute atomic E-state index is 0.172. The lowest BCUT2D eigenvalue weighted by molar-refractivity contribution is -0.137. The number of methoxy groups -OCH3 is 1. The molecule has 0 spiro atoms. The van der Waals surface area contributed by atoms with E-state index < -0.39 is 11.6 Å². The third-order valence-corrected chi connectivity index (χ3v) is 3.08. The number of ether oxygens (including phenoxy) is 1. The number of unbranched alkanes of at least 4 members (excludes halogenated alkanes) is 1. The second-order valence-corrected chi connectivity index (χ2v) is 4.39. The van der Waals surface area contributed by atoms with Crippen molar-refractivity contribution < 1.29 is 19.1 Å². The molecule has 1 aromatic rings. The molecule has 18 heavy (non-hydrogen) atoms. The molecule has 0 saturated carbocycles. The first kappa shape index (κ1) is 14.6. The Hall–Kier alpha value is -1.43. The second kappa shape index (κ2) is 6.49. The van der Waals surface area contributed by atoms with Crippen LogP contribution in [0.3, 0.4) is 0 Å². The molecule has 1 aromatic heterocycles. The van der Waals surface area contributed by atoms with Gasteiger partial charge in [-0.2, -0.15) is 0 Å². The number of carboxylic acids is 1. The molecule has 0 saturated heterocycles. The van der Waals surface area contributed by atoms with Gasteiger partial charge in [0.1, 0.15) is 5.60 Å².